The molecule has 2 aromatic rings. The van der Waals surface area contributed by atoms with Gasteiger partial charge < -0.3 is 10.1 Å². The lowest BCUT2D eigenvalue weighted by molar-refractivity contribution is 0.0695. The van der Waals surface area contributed by atoms with Crippen LogP contribution in [0.3, 0.4) is 0 Å². The lowest BCUT2D eigenvalue weighted by Crippen LogP contribution is -2.39. The lowest BCUT2D eigenvalue weighted by Gasteiger charge is -2.23. The Morgan fingerprint density at radius 3 is 2.70 bits per heavy atom. The number of halogens is 1. The first-order valence-corrected chi connectivity index (χ1v) is 8.27. The van der Waals surface area contributed by atoms with Gasteiger partial charge in [0.25, 0.3) is 5.91 Å². The van der Waals surface area contributed by atoms with E-state index < -0.39 is 0 Å². The van der Waals surface area contributed by atoms with Crippen LogP contribution in [-0.4, -0.2) is 35.1 Å². The fraction of sp³-hybridized carbons (Fsp3) is 0.471. The summed E-state index contributed by atoms with van der Waals surface area (Å²) in [5.74, 6) is 0.123. The van der Waals surface area contributed by atoms with Gasteiger partial charge >= 0.3 is 0 Å². The summed E-state index contributed by atoms with van der Waals surface area (Å²) in [6, 6.07) is 1.94. The molecule has 0 atom stereocenters. The number of nitrogens with zero attached hydrogens (tertiary/aromatic N) is 2. The van der Waals surface area contributed by atoms with Crippen LogP contribution in [0.15, 0.2) is 18.5 Å². The van der Waals surface area contributed by atoms with Crippen LogP contribution in [-0.2, 0) is 4.74 Å². The van der Waals surface area contributed by atoms with Crippen LogP contribution in [0.1, 0.15) is 48.7 Å². The molecule has 1 saturated heterocycles. The number of carbonyl (C=O) groups is 1. The maximum atomic E-state index is 12.6. The molecule has 5 nitrogen and oxygen atoms in total. The molecule has 122 valence electrons. The van der Waals surface area contributed by atoms with Gasteiger partial charge in [0.1, 0.15) is 10.8 Å². The standard InChI is InChI=1S/C17H20ClN3O2/c1-10(2)13-8-20-16(14-9-19-15(18)7-12(13)14)17(22)21-11-3-5-23-6-4-11/h7-11H,3-6H2,1-2H3,(H,21,22). The van der Waals surface area contributed by atoms with E-state index in [0.29, 0.717) is 24.1 Å². The minimum atomic E-state index is -0.165. The molecule has 3 rings (SSSR count). The van der Waals surface area contributed by atoms with Gasteiger partial charge in [-0.3, -0.25) is 9.78 Å². The number of nitrogens with one attached hydrogen (secondary N) is 1. The molecule has 0 aromatic carbocycles. The van der Waals surface area contributed by atoms with E-state index in [4.69, 9.17) is 16.3 Å². The van der Waals surface area contributed by atoms with Crippen LogP contribution < -0.4 is 5.32 Å². The van der Waals surface area contributed by atoms with E-state index in [1.165, 1.54) is 0 Å². The molecule has 6 heteroatoms. The predicted molar refractivity (Wildman–Crippen MR) is 89.9 cm³/mol. The number of carbonyl (C=O) groups excluding carboxylic acids is 1. The zero-order chi connectivity index (χ0) is 16.4. The van der Waals surface area contributed by atoms with Crippen molar-refractivity contribution in [2.45, 2.75) is 38.6 Å². The number of hydrogen-bond acceptors (Lipinski definition) is 4. The van der Waals surface area contributed by atoms with Crippen molar-refractivity contribution in [2.24, 2.45) is 0 Å². The minimum absolute atomic E-state index is 0.137. The minimum Gasteiger partial charge on any atom is -0.381 e. The molecule has 1 aliphatic heterocycles. The quantitative estimate of drug-likeness (QED) is 0.875. The number of amides is 1. The smallest absolute Gasteiger partial charge is 0.270 e. The van der Waals surface area contributed by atoms with Gasteiger partial charge in [0, 0.05) is 37.0 Å². The summed E-state index contributed by atoms with van der Waals surface area (Å²) in [6.07, 6.45) is 5.06. The zero-order valence-corrected chi connectivity index (χ0v) is 14.1. The van der Waals surface area contributed by atoms with Crippen molar-refractivity contribution in [1.29, 1.82) is 0 Å². The van der Waals surface area contributed by atoms with E-state index in [-0.39, 0.29) is 17.9 Å². The predicted octanol–water partition coefficient (Wildman–Crippen LogP) is 3.32. The third kappa shape index (κ3) is 3.46. The van der Waals surface area contributed by atoms with Crippen molar-refractivity contribution in [3.8, 4) is 0 Å². The largest absolute Gasteiger partial charge is 0.381 e. The Hall–Kier alpha value is -1.72. The second-order valence-electron chi connectivity index (χ2n) is 6.13. The fourth-order valence-electron chi connectivity index (χ4n) is 2.87. The highest BCUT2D eigenvalue weighted by atomic mass is 35.5. The molecular formula is C17H20ClN3O2. The summed E-state index contributed by atoms with van der Waals surface area (Å²) in [5.41, 5.74) is 1.46. The van der Waals surface area contributed by atoms with Crippen molar-refractivity contribution in [3.05, 3.63) is 34.9 Å². The fourth-order valence-corrected chi connectivity index (χ4v) is 3.03. The second kappa shape index (κ2) is 6.81. The van der Waals surface area contributed by atoms with Gasteiger partial charge in [0.2, 0.25) is 0 Å². The van der Waals surface area contributed by atoms with E-state index in [9.17, 15) is 4.79 Å². The molecule has 0 saturated carbocycles. The van der Waals surface area contributed by atoms with E-state index in [1.807, 2.05) is 0 Å². The second-order valence-corrected chi connectivity index (χ2v) is 6.52. The van der Waals surface area contributed by atoms with Crippen LogP contribution in [0.2, 0.25) is 5.15 Å². The topological polar surface area (TPSA) is 64.1 Å². The Kier molecular flexibility index (Phi) is 4.78. The molecular weight excluding hydrogens is 314 g/mol. The summed E-state index contributed by atoms with van der Waals surface area (Å²) in [5, 5.41) is 5.14. The van der Waals surface area contributed by atoms with Gasteiger partial charge in [-0.15, -0.1) is 0 Å². The first-order valence-electron chi connectivity index (χ1n) is 7.89. The maximum absolute atomic E-state index is 12.6. The average molecular weight is 334 g/mol. The number of rotatable bonds is 3. The van der Waals surface area contributed by atoms with Crippen LogP contribution in [0.25, 0.3) is 10.8 Å². The molecule has 0 spiro atoms. The number of fused-ring (bicyclic) bond motifs is 1. The Morgan fingerprint density at radius 2 is 2.00 bits per heavy atom. The van der Waals surface area contributed by atoms with Gasteiger partial charge in [-0.05, 0) is 35.8 Å². The first-order chi connectivity index (χ1) is 11.1. The number of pyridine rings is 2. The number of aromatic nitrogens is 2. The van der Waals surface area contributed by atoms with Crippen molar-refractivity contribution in [1.82, 2.24) is 15.3 Å². The highest BCUT2D eigenvalue weighted by molar-refractivity contribution is 6.30. The Labute approximate surface area is 140 Å². The average Bonchev–Trinajstić information content (AvgIpc) is 2.54. The molecule has 0 radical (unpaired) electrons. The van der Waals surface area contributed by atoms with Gasteiger partial charge in [0.15, 0.2) is 0 Å². The molecule has 1 N–H and O–H groups in total. The van der Waals surface area contributed by atoms with Crippen molar-refractivity contribution < 1.29 is 9.53 Å². The molecule has 23 heavy (non-hydrogen) atoms. The van der Waals surface area contributed by atoms with Crippen molar-refractivity contribution in [3.63, 3.8) is 0 Å². The SMILES string of the molecule is CC(C)c1cnc(C(=O)NC2CCOCC2)c2cnc(Cl)cc12. The highest BCUT2D eigenvalue weighted by Gasteiger charge is 2.21. The number of hydrogen-bond donors (Lipinski definition) is 1. The van der Waals surface area contributed by atoms with E-state index in [1.54, 1.807) is 18.5 Å². The summed E-state index contributed by atoms with van der Waals surface area (Å²) in [4.78, 5) is 21.1. The van der Waals surface area contributed by atoms with Crippen LogP contribution in [0.5, 0.6) is 0 Å². The van der Waals surface area contributed by atoms with Gasteiger partial charge in [-0.1, -0.05) is 25.4 Å². The third-order valence-corrected chi connectivity index (χ3v) is 4.37. The van der Waals surface area contributed by atoms with Gasteiger partial charge in [-0.25, -0.2) is 4.98 Å². The molecule has 0 unspecified atom stereocenters. The molecule has 0 bridgehead atoms. The summed E-state index contributed by atoms with van der Waals surface area (Å²) in [6.45, 7) is 5.55. The Bertz CT molecular complexity index is 727. The van der Waals surface area contributed by atoms with Crippen LogP contribution in [0.4, 0.5) is 0 Å². The summed E-state index contributed by atoms with van der Waals surface area (Å²) < 4.78 is 5.32. The third-order valence-electron chi connectivity index (χ3n) is 4.16. The van der Waals surface area contributed by atoms with E-state index >= 15 is 0 Å². The summed E-state index contributed by atoms with van der Waals surface area (Å²) >= 11 is 6.04. The Balaban J connectivity index is 1.97. The Morgan fingerprint density at radius 1 is 1.26 bits per heavy atom. The summed E-state index contributed by atoms with van der Waals surface area (Å²) in [7, 11) is 0. The highest BCUT2D eigenvalue weighted by Crippen LogP contribution is 2.28. The van der Waals surface area contributed by atoms with Gasteiger partial charge in [-0.2, -0.15) is 0 Å². The molecule has 0 aliphatic carbocycles. The van der Waals surface area contributed by atoms with Crippen molar-refractivity contribution in [2.75, 3.05) is 13.2 Å². The molecule has 1 amide bonds. The van der Waals surface area contributed by atoms with E-state index in [2.05, 4.69) is 29.1 Å². The van der Waals surface area contributed by atoms with Crippen LogP contribution >= 0.6 is 11.6 Å². The maximum Gasteiger partial charge on any atom is 0.270 e. The molecule has 2 aromatic heterocycles. The first kappa shape index (κ1) is 16.1. The normalized spacial score (nSPS) is 16.0. The lowest BCUT2D eigenvalue weighted by atomic mass is 9.98. The monoisotopic (exact) mass is 333 g/mol. The van der Waals surface area contributed by atoms with Gasteiger partial charge in [0.05, 0.1) is 0 Å². The molecule has 3 heterocycles. The van der Waals surface area contributed by atoms with E-state index in [0.717, 1.165) is 29.2 Å². The molecule has 1 fully saturated rings. The van der Waals surface area contributed by atoms with Crippen LogP contribution in [0, 0.1) is 0 Å². The zero-order valence-electron chi connectivity index (χ0n) is 13.3. The number of ether oxygens (including phenoxy) is 1. The van der Waals surface area contributed by atoms with Crippen molar-refractivity contribution >= 4 is 28.3 Å². The molecule has 1 aliphatic rings.